The third-order valence-corrected chi connectivity index (χ3v) is 2.47. The van der Waals surface area contributed by atoms with Crippen molar-refractivity contribution < 1.29 is 4.74 Å². The Labute approximate surface area is 101 Å². The molecule has 3 N–H and O–H groups in total. The normalized spacial score (nSPS) is 12.7. The maximum atomic E-state index is 5.91. The lowest BCUT2D eigenvalue weighted by molar-refractivity contribution is 0.167. The summed E-state index contributed by atoms with van der Waals surface area (Å²) in [7, 11) is 1.66. The van der Waals surface area contributed by atoms with Crippen LogP contribution in [0.5, 0.6) is 0 Å². The molecule has 0 aliphatic carbocycles. The van der Waals surface area contributed by atoms with Crippen molar-refractivity contribution in [3.63, 3.8) is 0 Å². The van der Waals surface area contributed by atoms with Gasteiger partial charge in [-0.3, -0.25) is 0 Å². The maximum Gasteiger partial charge on any atom is 0.128 e. The molecular weight excluding hydrogens is 226 g/mol. The first-order valence-corrected chi connectivity index (χ1v) is 5.70. The molecule has 0 spiro atoms. The van der Waals surface area contributed by atoms with Gasteiger partial charge in [0.1, 0.15) is 5.82 Å². The highest BCUT2D eigenvalue weighted by Crippen LogP contribution is 2.22. The SMILES string of the molecule is CCCNC(COC)c1cc(Cl)cnc1N. The lowest BCUT2D eigenvalue weighted by Crippen LogP contribution is -2.27. The van der Waals surface area contributed by atoms with Crippen LogP contribution in [0.15, 0.2) is 12.3 Å². The van der Waals surface area contributed by atoms with Crippen molar-refractivity contribution in [1.29, 1.82) is 0 Å². The molecule has 1 heterocycles. The minimum atomic E-state index is 0.0381. The first-order valence-electron chi connectivity index (χ1n) is 5.32. The number of hydrogen-bond acceptors (Lipinski definition) is 4. The number of aromatic nitrogens is 1. The summed E-state index contributed by atoms with van der Waals surface area (Å²) >= 11 is 5.91. The van der Waals surface area contributed by atoms with E-state index in [9.17, 15) is 0 Å². The summed E-state index contributed by atoms with van der Waals surface area (Å²) < 4.78 is 5.16. The van der Waals surface area contributed by atoms with E-state index in [2.05, 4.69) is 17.2 Å². The molecule has 5 heteroatoms. The summed E-state index contributed by atoms with van der Waals surface area (Å²) in [5, 5.41) is 3.94. The van der Waals surface area contributed by atoms with Gasteiger partial charge in [0.2, 0.25) is 0 Å². The number of methoxy groups -OCH3 is 1. The van der Waals surface area contributed by atoms with Crippen LogP contribution in [0.4, 0.5) is 5.82 Å². The quantitative estimate of drug-likeness (QED) is 0.803. The van der Waals surface area contributed by atoms with E-state index in [0.29, 0.717) is 17.4 Å². The molecule has 0 radical (unpaired) electrons. The van der Waals surface area contributed by atoms with E-state index in [1.807, 2.05) is 6.07 Å². The summed E-state index contributed by atoms with van der Waals surface area (Å²) in [4.78, 5) is 4.04. The lowest BCUT2D eigenvalue weighted by Gasteiger charge is -2.19. The van der Waals surface area contributed by atoms with Crippen molar-refractivity contribution in [2.75, 3.05) is 26.0 Å². The van der Waals surface area contributed by atoms with Crippen molar-refractivity contribution in [3.05, 3.63) is 22.8 Å². The number of ether oxygens (including phenoxy) is 1. The topological polar surface area (TPSA) is 60.2 Å². The smallest absolute Gasteiger partial charge is 0.128 e. The van der Waals surface area contributed by atoms with E-state index >= 15 is 0 Å². The molecule has 1 aromatic heterocycles. The van der Waals surface area contributed by atoms with Gasteiger partial charge in [-0.05, 0) is 19.0 Å². The predicted molar refractivity (Wildman–Crippen MR) is 66.6 cm³/mol. The Bertz CT molecular complexity index is 333. The zero-order chi connectivity index (χ0) is 12.0. The fourth-order valence-corrected chi connectivity index (χ4v) is 1.65. The molecule has 16 heavy (non-hydrogen) atoms. The van der Waals surface area contributed by atoms with Gasteiger partial charge >= 0.3 is 0 Å². The van der Waals surface area contributed by atoms with Gasteiger partial charge < -0.3 is 15.8 Å². The molecule has 4 nitrogen and oxygen atoms in total. The van der Waals surface area contributed by atoms with E-state index in [4.69, 9.17) is 22.1 Å². The van der Waals surface area contributed by atoms with Crippen LogP contribution in [-0.2, 0) is 4.74 Å². The van der Waals surface area contributed by atoms with Gasteiger partial charge in [0.05, 0.1) is 17.7 Å². The maximum absolute atomic E-state index is 5.91. The van der Waals surface area contributed by atoms with Crippen molar-refractivity contribution in [1.82, 2.24) is 10.3 Å². The number of pyridine rings is 1. The molecule has 1 rings (SSSR count). The third kappa shape index (κ3) is 3.63. The summed E-state index contributed by atoms with van der Waals surface area (Å²) in [6.07, 6.45) is 2.60. The lowest BCUT2D eigenvalue weighted by atomic mass is 10.1. The standard InChI is InChI=1S/C11H18ClN3O/c1-3-4-14-10(7-16-2)9-5-8(12)6-15-11(9)13/h5-6,10,14H,3-4,7H2,1-2H3,(H2,13,15). The second kappa shape index (κ2) is 6.68. The monoisotopic (exact) mass is 243 g/mol. The molecular formula is C11H18ClN3O. The highest BCUT2D eigenvalue weighted by molar-refractivity contribution is 6.30. The van der Waals surface area contributed by atoms with Gasteiger partial charge in [-0.15, -0.1) is 0 Å². The van der Waals surface area contributed by atoms with Gasteiger partial charge in [0.25, 0.3) is 0 Å². The van der Waals surface area contributed by atoms with Crippen LogP contribution in [0.1, 0.15) is 24.9 Å². The Morgan fingerprint density at radius 1 is 1.62 bits per heavy atom. The Morgan fingerprint density at radius 3 is 3.00 bits per heavy atom. The first kappa shape index (κ1) is 13.2. The summed E-state index contributed by atoms with van der Waals surface area (Å²) in [5.74, 6) is 0.495. The van der Waals surface area contributed by atoms with E-state index in [0.717, 1.165) is 18.5 Å². The molecule has 90 valence electrons. The van der Waals surface area contributed by atoms with Crippen LogP contribution in [0.25, 0.3) is 0 Å². The fourth-order valence-electron chi connectivity index (χ4n) is 1.49. The Kier molecular flexibility index (Phi) is 5.52. The minimum absolute atomic E-state index is 0.0381. The number of nitrogens with zero attached hydrogens (tertiary/aromatic N) is 1. The molecule has 1 unspecified atom stereocenters. The zero-order valence-corrected chi connectivity index (χ0v) is 10.4. The van der Waals surface area contributed by atoms with E-state index in [-0.39, 0.29) is 6.04 Å². The number of nitrogen functional groups attached to an aromatic ring is 1. The Hall–Kier alpha value is -0.840. The molecule has 0 fully saturated rings. The van der Waals surface area contributed by atoms with Crippen molar-refractivity contribution in [2.24, 2.45) is 0 Å². The van der Waals surface area contributed by atoms with Crippen LogP contribution in [-0.4, -0.2) is 25.2 Å². The van der Waals surface area contributed by atoms with Crippen LogP contribution >= 0.6 is 11.6 Å². The highest BCUT2D eigenvalue weighted by atomic mass is 35.5. The van der Waals surface area contributed by atoms with Crippen LogP contribution in [0, 0.1) is 0 Å². The van der Waals surface area contributed by atoms with Crippen LogP contribution in [0.3, 0.4) is 0 Å². The fraction of sp³-hybridized carbons (Fsp3) is 0.545. The zero-order valence-electron chi connectivity index (χ0n) is 9.66. The number of halogens is 1. The average molecular weight is 244 g/mol. The molecule has 0 bridgehead atoms. The molecule has 1 aromatic rings. The van der Waals surface area contributed by atoms with Crippen molar-refractivity contribution in [2.45, 2.75) is 19.4 Å². The number of hydrogen-bond donors (Lipinski definition) is 2. The molecule has 0 aromatic carbocycles. The molecule has 1 atom stereocenters. The molecule has 0 amide bonds. The number of nitrogens with one attached hydrogen (secondary N) is 1. The minimum Gasteiger partial charge on any atom is -0.383 e. The predicted octanol–water partition coefficient (Wildman–Crippen LogP) is 2.00. The van der Waals surface area contributed by atoms with Gasteiger partial charge in [0, 0.05) is 18.9 Å². The van der Waals surface area contributed by atoms with E-state index < -0.39 is 0 Å². The van der Waals surface area contributed by atoms with Gasteiger partial charge in [0.15, 0.2) is 0 Å². The van der Waals surface area contributed by atoms with Gasteiger partial charge in [-0.25, -0.2) is 4.98 Å². The number of rotatable bonds is 6. The highest BCUT2D eigenvalue weighted by Gasteiger charge is 2.14. The van der Waals surface area contributed by atoms with Gasteiger partial charge in [-0.1, -0.05) is 18.5 Å². The van der Waals surface area contributed by atoms with Crippen molar-refractivity contribution >= 4 is 17.4 Å². The average Bonchev–Trinajstić information content (AvgIpc) is 2.28. The molecule has 0 saturated carbocycles. The van der Waals surface area contributed by atoms with Gasteiger partial charge in [-0.2, -0.15) is 0 Å². The van der Waals surface area contributed by atoms with Crippen LogP contribution < -0.4 is 11.1 Å². The third-order valence-electron chi connectivity index (χ3n) is 2.27. The number of anilines is 1. The Morgan fingerprint density at radius 2 is 2.38 bits per heavy atom. The molecule has 0 aliphatic heterocycles. The summed E-state index contributed by atoms with van der Waals surface area (Å²) in [6.45, 7) is 3.56. The van der Waals surface area contributed by atoms with Crippen molar-refractivity contribution in [3.8, 4) is 0 Å². The largest absolute Gasteiger partial charge is 0.383 e. The molecule has 0 aliphatic rings. The van der Waals surface area contributed by atoms with E-state index in [1.54, 1.807) is 13.3 Å². The second-order valence-corrected chi connectivity index (χ2v) is 4.03. The summed E-state index contributed by atoms with van der Waals surface area (Å²) in [5.41, 5.74) is 6.72. The summed E-state index contributed by atoms with van der Waals surface area (Å²) in [6, 6.07) is 1.87. The van der Waals surface area contributed by atoms with Crippen LogP contribution in [0.2, 0.25) is 5.02 Å². The van der Waals surface area contributed by atoms with E-state index in [1.165, 1.54) is 0 Å². The second-order valence-electron chi connectivity index (χ2n) is 3.59. The first-order chi connectivity index (χ1) is 7.69. The Balaban J connectivity index is 2.85. The molecule has 0 saturated heterocycles. The number of nitrogens with two attached hydrogens (primary N) is 1.